The van der Waals surface area contributed by atoms with Gasteiger partial charge in [-0.3, -0.25) is 9.69 Å². The maximum atomic E-state index is 12.3. The average Bonchev–Trinajstić information content (AvgIpc) is 3.02. The second-order valence-electron chi connectivity index (χ2n) is 7.24. The molecule has 1 fully saturated rings. The SMILES string of the molecule is CC(C)(C)C(=O)NC[C@H](c1ccc2c(c1)OCO2)N1CCOCC1. The van der Waals surface area contributed by atoms with Crippen molar-refractivity contribution in [3.63, 3.8) is 0 Å². The van der Waals surface area contributed by atoms with Crippen LogP contribution in [0.2, 0.25) is 0 Å². The Hall–Kier alpha value is -1.79. The van der Waals surface area contributed by atoms with Crippen molar-refractivity contribution in [3.05, 3.63) is 23.8 Å². The second-order valence-corrected chi connectivity index (χ2v) is 7.24. The molecule has 0 unspecified atom stereocenters. The molecular weight excluding hydrogens is 308 g/mol. The van der Waals surface area contributed by atoms with Gasteiger partial charge in [0.1, 0.15) is 0 Å². The highest BCUT2D eigenvalue weighted by molar-refractivity contribution is 5.81. The van der Waals surface area contributed by atoms with Crippen molar-refractivity contribution in [2.24, 2.45) is 5.41 Å². The van der Waals surface area contributed by atoms with Gasteiger partial charge in [0.2, 0.25) is 12.7 Å². The predicted octanol–water partition coefficient (Wildman–Crippen LogP) is 1.95. The van der Waals surface area contributed by atoms with Crippen LogP contribution in [0.4, 0.5) is 0 Å². The molecule has 1 aromatic rings. The van der Waals surface area contributed by atoms with Gasteiger partial charge in [-0.05, 0) is 17.7 Å². The van der Waals surface area contributed by atoms with Crippen LogP contribution in [-0.4, -0.2) is 50.4 Å². The van der Waals surface area contributed by atoms with E-state index in [4.69, 9.17) is 14.2 Å². The Kier molecular flexibility index (Phi) is 4.96. The Balaban J connectivity index is 1.78. The minimum absolute atomic E-state index is 0.0569. The largest absolute Gasteiger partial charge is 0.454 e. The second kappa shape index (κ2) is 6.99. The van der Waals surface area contributed by atoms with Crippen molar-refractivity contribution in [2.45, 2.75) is 26.8 Å². The third-order valence-corrected chi connectivity index (χ3v) is 4.41. The molecule has 0 spiro atoms. The molecule has 3 rings (SSSR count). The van der Waals surface area contributed by atoms with Crippen LogP contribution in [0.25, 0.3) is 0 Å². The average molecular weight is 334 g/mol. The number of hydrogen-bond acceptors (Lipinski definition) is 5. The van der Waals surface area contributed by atoms with Crippen LogP contribution >= 0.6 is 0 Å². The molecule has 2 aliphatic heterocycles. The lowest BCUT2D eigenvalue weighted by Crippen LogP contribution is -2.45. The van der Waals surface area contributed by atoms with E-state index in [1.807, 2.05) is 32.9 Å². The number of hydrogen-bond donors (Lipinski definition) is 1. The first-order valence-corrected chi connectivity index (χ1v) is 8.45. The summed E-state index contributed by atoms with van der Waals surface area (Å²) < 4.78 is 16.4. The summed E-state index contributed by atoms with van der Waals surface area (Å²) >= 11 is 0. The lowest BCUT2D eigenvalue weighted by molar-refractivity contribution is -0.128. The zero-order chi connectivity index (χ0) is 17.2. The molecule has 0 saturated carbocycles. The molecule has 132 valence electrons. The topological polar surface area (TPSA) is 60.0 Å². The molecule has 6 heteroatoms. The zero-order valence-corrected chi connectivity index (χ0v) is 14.6. The van der Waals surface area contributed by atoms with Crippen LogP contribution in [0, 0.1) is 5.41 Å². The highest BCUT2D eigenvalue weighted by atomic mass is 16.7. The van der Waals surface area contributed by atoms with E-state index in [0.29, 0.717) is 19.8 Å². The Morgan fingerprint density at radius 2 is 1.92 bits per heavy atom. The van der Waals surface area contributed by atoms with Crippen LogP contribution in [-0.2, 0) is 9.53 Å². The van der Waals surface area contributed by atoms with Crippen molar-refractivity contribution in [3.8, 4) is 11.5 Å². The van der Waals surface area contributed by atoms with E-state index in [2.05, 4.69) is 16.3 Å². The fraction of sp³-hybridized carbons (Fsp3) is 0.611. The first-order chi connectivity index (χ1) is 11.4. The molecule has 1 amide bonds. The van der Waals surface area contributed by atoms with Crippen molar-refractivity contribution < 1.29 is 19.0 Å². The summed E-state index contributed by atoms with van der Waals surface area (Å²) in [4.78, 5) is 14.6. The molecular formula is C18H26N2O4. The molecule has 0 radical (unpaired) electrons. The third-order valence-electron chi connectivity index (χ3n) is 4.41. The molecule has 1 atom stereocenters. The van der Waals surface area contributed by atoms with E-state index in [1.165, 1.54) is 0 Å². The summed E-state index contributed by atoms with van der Waals surface area (Å²) in [6, 6.07) is 6.11. The summed E-state index contributed by atoms with van der Waals surface area (Å²) in [6.45, 7) is 9.74. The van der Waals surface area contributed by atoms with E-state index in [0.717, 1.165) is 30.2 Å². The van der Waals surface area contributed by atoms with E-state index >= 15 is 0 Å². The monoisotopic (exact) mass is 334 g/mol. The molecule has 0 aromatic heterocycles. The highest BCUT2D eigenvalue weighted by Crippen LogP contribution is 2.35. The van der Waals surface area contributed by atoms with Crippen LogP contribution in [0.5, 0.6) is 11.5 Å². The van der Waals surface area contributed by atoms with Crippen LogP contribution < -0.4 is 14.8 Å². The molecule has 24 heavy (non-hydrogen) atoms. The van der Waals surface area contributed by atoms with E-state index in [1.54, 1.807) is 0 Å². The highest BCUT2D eigenvalue weighted by Gasteiger charge is 2.27. The number of carbonyl (C=O) groups is 1. The van der Waals surface area contributed by atoms with Crippen molar-refractivity contribution in [1.82, 2.24) is 10.2 Å². The van der Waals surface area contributed by atoms with Crippen molar-refractivity contribution in [1.29, 1.82) is 0 Å². The third kappa shape index (κ3) is 3.82. The van der Waals surface area contributed by atoms with E-state index in [9.17, 15) is 4.79 Å². The molecule has 0 aliphatic carbocycles. The lowest BCUT2D eigenvalue weighted by atomic mass is 9.95. The van der Waals surface area contributed by atoms with Crippen LogP contribution in [0.3, 0.4) is 0 Å². The molecule has 2 heterocycles. The first-order valence-electron chi connectivity index (χ1n) is 8.45. The van der Waals surface area contributed by atoms with Crippen LogP contribution in [0.15, 0.2) is 18.2 Å². The van der Waals surface area contributed by atoms with E-state index < -0.39 is 5.41 Å². The summed E-state index contributed by atoms with van der Waals surface area (Å²) in [7, 11) is 0. The van der Waals surface area contributed by atoms with E-state index in [-0.39, 0.29) is 18.7 Å². The maximum Gasteiger partial charge on any atom is 0.231 e. The number of rotatable bonds is 4. The zero-order valence-electron chi connectivity index (χ0n) is 14.6. The number of benzene rings is 1. The van der Waals surface area contributed by atoms with Gasteiger partial charge in [-0.1, -0.05) is 26.8 Å². The fourth-order valence-electron chi connectivity index (χ4n) is 2.92. The number of amides is 1. The van der Waals surface area contributed by atoms with Gasteiger partial charge in [0.25, 0.3) is 0 Å². The Morgan fingerprint density at radius 3 is 2.62 bits per heavy atom. The quantitative estimate of drug-likeness (QED) is 0.912. The van der Waals surface area contributed by atoms with Gasteiger partial charge in [0.15, 0.2) is 11.5 Å². The smallest absolute Gasteiger partial charge is 0.231 e. The standard InChI is InChI=1S/C18H26N2O4/c1-18(2,3)17(21)19-11-14(20-6-8-22-9-7-20)13-4-5-15-16(10-13)24-12-23-15/h4-5,10,14H,6-9,11-12H2,1-3H3,(H,19,21)/t14-/m1/s1. The summed E-state index contributed by atoms with van der Waals surface area (Å²) in [5.41, 5.74) is 0.722. The Bertz CT molecular complexity index is 591. The summed E-state index contributed by atoms with van der Waals surface area (Å²) in [5, 5.41) is 3.09. The first kappa shape index (κ1) is 17.0. The van der Waals surface area contributed by atoms with Crippen molar-refractivity contribution >= 4 is 5.91 Å². The summed E-state index contributed by atoms with van der Waals surface area (Å²) in [5.74, 6) is 1.60. The molecule has 1 saturated heterocycles. The van der Waals surface area contributed by atoms with Crippen LogP contribution in [0.1, 0.15) is 32.4 Å². The van der Waals surface area contributed by atoms with Gasteiger partial charge in [-0.2, -0.15) is 0 Å². The molecule has 1 aromatic carbocycles. The van der Waals surface area contributed by atoms with Gasteiger partial charge >= 0.3 is 0 Å². The van der Waals surface area contributed by atoms with Gasteiger partial charge in [0.05, 0.1) is 19.3 Å². The number of nitrogens with one attached hydrogen (secondary N) is 1. The van der Waals surface area contributed by atoms with Gasteiger partial charge < -0.3 is 19.5 Å². The fourth-order valence-corrected chi connectivity index (χ4v) is 2.92. The predicted molar refractivity (Wildman–Crippen MR) is 90.2 cm³/mol. The number of morpholine rings is 1. The number of carbonyl (C=O) groups excluding carboxylic acids is 1. The Morgan fingerprint density at radius 1 is 1.21 bits per heavy atom. The normalized spacial score (nSPS) is 19.1. The number of fused-ring (bicyclic) bond motifs is 1. The molecule has 2 aliphatic rings. The maximum absolute atomic E-state index is 12.3. The number of nitrogens with zero attached hydrogens (tertiary/aromatic N) is 1. The molecule has 1 N–H and O–H groups in total. The Labute approximate surface area is 143 Å². The van der Waals surface area contributed by atoms with Gasteiger partial charge in [0, 0.05) is 25.0 Å². The number of ether oxygens (including phenoxy) is 3. The molecule has 6 nitrogen and oxygen atoms in total. The molecule has 0 bridgehead atoms. The lowest BCUT2D eigenvalue weighted by Gasteiger charge is -2.35. The van der Waals surface area contributed by atoms with Gasteiger partial charge in [-0.25, -0.2) is 0 Å². The summed E-state index contributed by atoms with van der Waals surface area (Å²) in [6.07, 6.45) is 0. The van der Waals surface area contributed by atoms with Crippen molar-refractivity contribution in [2.75, 3.05) is 39.6 Å². The minimum atomic E-state index is -0.398. The minimum Gasteiger partial charge on any atom is -0.454 e. The van der Waals surface area contributed by atoms with Gasteiger partial charge in [-0.15, -0.1) is 0 Å².